The van der Waals surface area contributed by atoms with Gasteiger partial charge in [-0.05, 0) is 17.7 Å². The second kappa shape index (κ2) is 4.82. The summed E-state index contributed by atoms with van der Waals surface area (Å²) in [7, 11) is 0. The van der Waals surface area contributed by atoms with Crippen LogP contribution >= 0.6 is 0 Å². The third kappa shape index (κ3) is 2.08. The van der Waals surface area contributed by atoms with Crippen LogP contribution in [0.4, 0.5) is 5.69 Å². The summed E-state index contributed by atoms with van der Waals surface area (Å²) in [6, 6.07) is 9.51. The van der Waals surface area contributed by atoms with Gasteiger partial charge >= 0.3 is 0 Å². The van der Waals surface area contributed by atoms with Gasteiger partial charge in [-0.2, -0.15) is 10.4 Å². The molecular formula is C14H10N6. The maximum atomic E-state index is 9.03. The molecule has 0 aliphatic heterocycles. The van der Waals surface area contributed by atoms with Crippen LogP contribution in [0.25, 0.3) is 16.9 Å². The number of nitrogen functional groups attached to an aromatic ring is 1. The van der Waals surface area contributed by atoms with Crippen molar-refractivity contribution < 1.29 is 0 Å². The molecule has 0 fully saturated rings. The van der Waals surface area contributed by atoms with E-state index in [1.165, 1.54) is 17.1 Å². The fourth-order valence-corrected chi connectivity index (χ4v) is 1.88. The maximum Gasteiger partial charge on any atom is 0.190 e. The second-order valence-corrected chi connectivity index (χ2v) is 4.14. The molecular weight excluding hydrogens is 252 g/mol. The quantitative estimate of drug-likeness (QED) is 0.710. The van der Waals surface area contributed by atoms with Crippen LogP contribution in [0.1, 0.15) is 5.69 Å². The fraction of sp³-hybridized carbons (Fsp3) is 0. The molecule has 20 heavy (non-hydrogen) atoms. The van der Waals surface area contributed by atoms with E-state index in [0.717, 1.165) is 11.1 Å². The zero-order valence-corrected chi connectivity index (χ0v) is 10.4. The summed E-state index contributed by atoms with van der Waals surface area (Å²) in [4.78, 5) is 8.10. The summed E-state index contributed by atoms with van der Waals surface area (Å²) in [6.07, 6.45) is 6.49. The monoisotopic (exact) mass is 262 g/mol. The summed E-state index contributed by atoms with van der Waals surface area (Å²) < 4.78 is 1.53. The average Bonchev–Trinajstić information content (AvgIpc) is 2.97. The minimum Gasteiger partial charge on any atom is -0.399 e. The highest BCUT2D eigenvalue weighted by Gasteiger charge is 2.09. The van der Waals surface area contributed by atoms with Crippen molar-refractivity contribution in [3.63, 3.8) is 0 Å². The number of anilines is 1. The molecule has 2 N–H and O–H groups in total. The molecule has 0 saturated carbocycles. The van der Waals surface area contributed by atoms with Crippen molar-refractivity contribution in [1.29, 1.82) is 5.26 Å². The number of hydrogen-bond acceptors (Lipinski definition) is 5. The summed E-state index contributed by atoms with van der Waals surface area (Å²) in [5.74, 6) is 0.408. The van der Waals surface area contributed by atoms with Crippen LogP contribution in [-0.2, 0) is 0 Å². The Hall–Kier alpha value is -3.20. The molecule has 6 heteroatoms. The molecule has 0 radical (unpaired) electrons. The summed E-state index contributed by atoms with van der Waals surface area (Å²) in [5.41, 5.74) is 8.54. The van der Waals surface area contributed by atoms with Gasteiger partial charge in [0.1, 0.15) is 6.07 Å². The van der Waals surface area contributed by atoms with Gasteiger partial charge in [0.15, 0.2) is 11.5 Å². The summed E-state index contributed by atoms with van der Waals surface area (Å²) in [5, 5.41) is 13.3. The van der Waals surface area contributed by atoms with Gasteiger partial charge in [0, 0.05) is 29.8 Å². The molecule has 2 aromatic heterocycles. The zero-order chi connectivity index (χ0) is 13.9. The van der Waals surface area contributed by atoms with Gasteiger partial charge in [0.2, 0.25) is 0 Å². The Morgan fingerprint density at radius 2 is 2.00 bits per heavy atom. The lowest BCUT2D eigenvalue weighted by Crippen LogP contribution is -2.02. The number of hydrogen-bond donors (Lipinski definition) is 1. The number of nitrogens with two attached hydrogens (primary N) is 1. The molecule has 6 nitrogen and oxygen atoms in total. The smallest absolute Gasteiger partial charge is 0.190 e. The SMILES string of the molecule is N#Cc1nccnc1-n1cc(-c2cccc(N)c2)cn1. The highest BCUT2D eigenvalue weighted by molar-refractivity contribution is 5.66. The molecule has 0 spiro atoms. The number of rotatable bonds is 2. The predicted molar refractivity (Wildman–Crippen MR) is 73.7 cm³/mol. The Morgan fingerprint density at radius 1 is 1.15 bits per heavy atom. The van der Waals surface area contributed by atoms with Gasteiger partial charge in [0.05, 0.1) is 6.20 Å². The van der Waals surface area contributed by atoms with E-state index in [1.54, 1.807) is 12.4 Å². The van der Waals surface area contributed by atoms with Crippen molar-refractivity contribution in [2.75, 3.05) is 5.73 Å². The van der Waals surface area contributed by atoms with E-state index < -0.39 is 0 Å². The third-order valence-corrected chi connectivity index (χ3v) is 2.80. The number of nitriles is 1. The van der Waals surface area contributed by atoms with E-state index in [2.05, 4.69) is 15.1 Å². The Balaban J connectivity index is 2.05. The van der Waals surface area contributed by atoms with Crippen LogP contribution < -0.4 is 5.73 Å². The fourth-order valence-electron chi connectivity index (χ4n) is 1.88. The van der Waals surface area contributed by atoms with Crippen molar-refractivity contribution in [2.45, 2.75) is 0 Å². The molecule has 3 rings (SSSR count). The normalized spacial score (nSPS) is 10.2. The van der Waals surface area contributed by atoms with E-state index in [1.807, 2.05) is 30.3 Å². The lowest BCUT2D eigenvalue weighted by molar-refractivity contribution is 0.832. The van der Waals surface area contributed by atoms with Crippen LogP contribution in [-0.4, -0.2) is 19.7 Å². The van der Waals surface area contributed by atoms with E-state index in [4.69, 9.17) is 11.0 Å². The van der Waals surface area contributed by atoms with E-state index in [0.29, 0.717) is 11.5 Å². The van der Waals surface area contributed by atoms with Gasteiger partial charge in [-0.1, -0.05) is 12.1 Å². The molecule has 0 bridgehead atoms. The van der Waals surface area contributed by atoms with Gasteiger partial charge in [-0.15, -0.1) is 0 Å². The molecule has 3 aromatic rings. The summed E-state index contributed by atoms with van der Waals surface area (Å²) in [6.45, 7) is 0. The van der Waals surface area contributed by atoms with Crippen LogP contribution in [0.15, 0.2) is 49.1 Å². The predicted octanol–water partition coefficient (Wildman–Crippen LogP) is 1.78. The van der Waals surface area contributed by atoms with Crippen molar-refractivity contribution >= 4 is 5.69 Å². The lowest BCUT2D eigenvalue weighted by atomic mass is 10.1. The minimum absolute atomic E-state index is 0.231. The molecule has 0 amide bonds. The highest BCUT2D eigenvalue weighted by Crippen LogP contribution is 2.21. The van der Waals surface area contributed by atoms with Crippen LogP contribution in [0.5, 0.6) is 0 Å². The Bertz CT molecular complexity index is 799. The summed E-state index contributed by atoms with van der Waals surface area (Å²) >= 11 is 0. The van der Waals surface area contributed by atoms with Crippen LogP contribution in [0, 0.1) is 11.3 Å². The van der Waals surface area contributed by atoms with Gasteiger partial charge in [-0.3, -0.25) is 0 Å². The second-order valence-electron chi connectivity index (χ2n) is 4.14. The topological polar surface area (TPSA) is 93.4 Å². The van der Waals surface area contributed by atoms with Crippen molar-refractivity contribution in [1.82, 2.24) is 19.7 Å². The molecule has 0 aliphatic carbocycles. The molecule has 0 aliphatic rings. The minimum atomic E-state index is 0.231. The Morgan fingerprint density at radius 3 is 2.80 bits per heavy atom. The van der Waals surface area contributed by atoms with Crippen LogP contribution in [0.3, 0.4) is 0 Å². The van der Waals surface area contributed by atoms with Crippen molar-refractivity contribution in [2.24, 2.45) is 0 Å². The first-order valence-corrected chi connectivity index (χ1v) is 5.90. The van der Waals surface area contributed by atoms with Gasteiger partial charge in [0.25, 0.3) is 0 Å². The highest BCUT2D eigenvalue weighted by atomic mass is 15.3. The van der Waals surface area contributed by atoms with Crippen LogP contribution in [0.2, 0.25) is 0 Å². The molecule has 0 atom stereocenters. The van der Waals surface area contributed by atoms with E-state index in [9.17, 15) is 0 Å². The molecule has 0 unspecified atom stereocenters. The first kappa shape index (κ1) is 11.9. The van der Waals surface area contributed by atoms with E-state index >= 15 is 0 Å². The van der Waals surface area contributed by atoms with Gasteiger partial charge < -0.3 is 5.73 Å². The molecule has 1 aromatic carbocycles. The largest absolute Gasteiger partial charge is 0.399 e. The van der Waals surface area contributed by atoms with Gasteiger partial charge in [-0.25, -0.2) is 14.6 Å². The third-order valence-electron chi connectivity index (χ3n) is 2.80. The lowest BCUT2D eigenvalue weighted by Gasteiger charge is -2.01. The van der Waals surface area contributed by atoms with E-state index in [-0.39, 0.29) is 5.69 Å². The number of aromatic nitrogens is 4. The number of nitrogens with zero attached hydrogens (tertiary/aromatic N) is 5. The van der Waals surface area contributed by atoms with Crippen molar-refractivity contribution in [3.05, 3.63) is 54.7 Å². The molecule has 2 heterocycles. The molecule has 96 valence electrons. The maximum absolute atomic E-state index is 9.03. The standard InChI is InChI=1S/C14H10N6/c15-7-13-14(18-5-4-17-13)20-9-11(8-19-20)10-2-1-3-12(16)6-10/h1-6,8-9H,16H2. The van der Waals surface area contributed by atoms with Crippen molar-refractivity contribution in [3.8, 4) is 23.0 Å². The Labute approximate surface area is 115 Å². The zero-order valence-electron chi connectivity index (χ0n) is 10.4. The average molecular weight is 262 g/mol. The number of benzene rings is 1. The first-order chi connectivity index (χ1) is 9.78. The first-order valence-electron chi connectivity index (χ1n) is 5.90. The Kier molecular flexibility index (Phi) is 2.86. The molecule has 0 saturated heterocycles.